The van der Waals surface area contributed by atoms with E-state index < -0.39 is 4.92 Å². The third-order valence-corrected chi connectivity index (χ3v) is 2.05. The van der Waals surface area contributed by atoms with Gasteiger partial charge in [-0.15, -0.1) is 0 Å². The van der Waals surface area contributed by atoms with Gasteiger partial charge in [0.2, 0.25) is 5.82 Å². The zero-order chi connectivity index (χ0) is 14.3. The van der Waals surface area contributed by atoms with Gasteiger partial charge in [0.15, 0.2) is 0 Å². The van der Waals surface area contributed by atoms with Crippen LogP contribution in [0.15, 0.2) is 18.5 Å². The summed E-state index contributed by atoms with van der Waals surface area (Å²) in [6, 6.07) is 0. The van der Waals surface area contributed by atoms with Gasteiger partial charge < -0.3 is 14.8 Å². The van der Waals surface area contributed by atoms with Crippen LogP contribution in [0.4, 0.5) is 11.5 Å². The Hall–Kier alpha value is -2.22. The fourth-order valence-corrected chi connectivity index (χ4v) is 1.29. The molecule has 0 fully saturated rings. The lowest BCUT2D eigenvalue weighted by Crippen LogP contribution is -2.13. The van der Waals surface area contributed by atoms with E-state index in [1.54, 1.807) is 0 Å². The van der Waals surface area contributed by atoms with Gasteiger partial charge in [-0.2, -0.15) is 4.98 Å². The molecule has 8 heteroatoms. The minimum absolute atomic E-state index is 0.0784. The standard InChI is InChI=1S/C11H16N4O4/c1-8(2)6-19-5-4-12-10-9(15(16)17)11(18-3)14-7-13-10/h7H,1,4-6H2,2-3H3,(H,12,13,14). The zero-order valence-electron chi connectivity index (χ0n) is 10.9. The predicted octanol–water partition coefficient (Wildman–Crippen LogP) is 1.40. The fourth-order valence-electron chi connectivity index (χ4n) is 1.29. The van der Waals surface area contributed by atoms with Crippen LogP contribution in [0.3, 0.4) is 0 Å². The molecule has 104 valence electrons. The third kappa shape index (κ3) is 4.51. The Labute approximate surface area is 110 Å². The molecule has 0 atom stereocenters. The maximum absolute atomic E-state index is 10.9. The first-order valence-electron chi connectivity index (χ1n) is 5.55. The van der Waals surface area contributed by atoms with Crippen molar-refractivity contribution >= 4 is 11.5 Å². The number of hydrogen-bond acceptors (Lipinski definition) is 7. The highest BCUT2D eigenvalue weighted by Crippen LogP contribution is 2.29. The van der Waals surface area contributed by atoms with Crippen molar-refractivity contribution in [1.29, 1.82) is 0 Å². The summed E-state index contributed by atoms with van der Waals surface area (Å²) >= 11 is 0. The second kappa shape index (κ2) is 7.27. The summed E-state index contributed by atoms with van der Waals surface area (Å²) in [6.45, 7) is 6.78. The van der Waals surface area contributed by atoms with Gasteiger partial charge in [0, 0.05) is 6.54 Å². The number of hydrogen-bond donors (Lipinski definition) is 1. The van der Waals surface area contributed by atoms with Gasteiger partial charge in [-0.25, -0.2) is 4.98 Å². The van der Waals surface area contributed by atoms with Crippen LogP contribution >= 0.6 is 0 Å². The van der Waals surface area contributed by atoms with Gasteiger partial charge in [0.1, 0.15) is 6.33 Å². The second-order valence-corrected chi connectivity index (χ2v) is 3.77. The fraction of sp³-hybridized carbons (Fsp3) is 0.455. The smallest absolute Gasteiger partial charge is 0.372 e. The summed E-state index contributed by atoms with van der Waals surface area (Å²) < 4.78 is 10.1. The van der Waals surface area contributed by atoms with Crippen LogP contribution in [0.25, 0.3) is 0 Å². The lowest BCUT2D eigenvalue weighted by Gasteiger charge is -2.08. The SMILES string of the molecule is C=C(C)COCCNc1ncnc(OC)c1[N+](=O)[O-]. The second-order valence-electron chi connectivity index (χ2n) is 3.77. The Balaban J connectivity index is 2.62. The van der Waals surface area contributed by atoms with Crippen molar-refractivity contribution < 1.29 is 14.4 Å². The largest absolute Gasteiger partial charge is 0.476 e. The number of aromatic nitrogens is 2. The van der Waals surface area contributed by atoms with E-state index in [0.29, 0.717) is 19.8 Å². The summed E-state index contributed by atoms with van der Waals surface area (Å²) in [6.07, 6.45) is 1.20. The number of methoxy groups -OCH3 is 1. The Kier molecular flexibility index (Phi) is 5.68. The van der Waals surface area contributed by atoms with E-state index in [2.05, 4.69) is 21.9 Å². The Morgan fingerprint density at radius 3 is 2.89 bits per heavy atom. The number of ether oxygens (including phenoxy) is 2. The van der Waals surface area contributed by atoms with E-state index in [1.165, 1.54) is 13.4 Å². The molecule has 0 saturated heterocycles. The van der Waals surface area contributed by atoms with Crippen molar-refractivity contribution in [1.82, 2.24) is 9.97 Å². The first kappa shape index (κ1) is 14.8. The minimum atomic E-state index is -0.587. The number of nitrogens with zero attached hydrogens (tertiary/aromatic N) is 3. The molecule has 1 aromatic heterocycles. The molecule has 0 spiro atoms. The van der Waals surface area contributed by atoms with Gasteiger partial charge in [-0.3, -0.25) is 10.1 Å². The van der Waals surface area contributed by atoms with Crippen molar-refractivity contribution in [2.45, 2.75) is 6.92 Å². The Morgan fingerprint density at radius 2 is 2.32 bits per heavy atom. The predicted molar refractivity (Wildman–Crippen MR) is 69.4 cm³/mol. The molecule has 19 heavy (non-hydrogen) atoms. The van der Waals surface area contributed by atoms with Crippen molar-refractivity contribution in [3.8, 4) is 5.88 Å². The molecule has 1 aromatic rings. The van der Waals surface area contributed by atoms with Crippen molar-refractivity contribution in [3.05, 3.63) is 28.6 Å². The van der Waals surface area contributed by atoms with E-state index in [9.17, 15) is 10.1 Å². The lowest BCUT2D eigenvalue weighted by molar-refractivity contribution is -0.385. The van der Waals surface area contributed by atoms with Gasteiger partial charge in [-0.05, 0) is 6.92 Å². The molecule has 1 rings (SSSR count). The van der Waals surface area contributed by atoms with Gasteiger partial charge in [0.05, 0.1) is 25.2 Å². The lowest BCUT2D eigenvalue weighted by atomic mass is 10.4. The van der Waals surface area contributed by atoms with Gasteiger partial charge in [0.25, 0.3) is 5.88 Å². The monoisotopic (exact) mass is 268 g/mol. The quantitative estimate of drug-likeness (QED) is 0.329. The molecule has 0 unspecified atom stereocenters. The summed E-state index contributed by atoms with van der Waals surface area (Å²) in [7, 11) is 1.31. The van der Waals surface area contributed by atoms with E-state index in [1.807, 2.05) is 6.92 Å². The van der Waals surface area contributed by atoms with E-state index in [4.69, 9.17) is 9.47 Å². The maximum Gasteiger partial charge on any atom is 0.372 e. The first-order chi connectivity index (χ1) is 9.06. The normalized spacial score (nSPS) is 10.0. The van der Waals surface area contributed by atoms with Crippen LogP contribution in [0.1, 0.15) is 6.92 Å². The van der Waals surface area contributed by atoms with Crippen LogP contribution < -0.4 is 10.1 Å². The molecule has 0 saturated carbocycles. The Morgan fingerprint density at radius 1 is 1.58 bits per heavy atom. The van der Waals surface area contributed by atoms with Crippen LogP contribution in [0, 0.1) is 10.1 Å². The highest BCUT2D eigenvalue weighted by atomic mass is 16.6. The summed E-state index contributed by atoms with van der Waals surface area (Å²) in [5.74, 6) is 0.0288. The number of rotatable bonds is 8. The summed E-state index contributed by atoms with van der Waals surface area (Å²) in [4.78, 5) is 17.9. The Bertz CT molecular complexity index is 464. The molecule has 1 heterocycles. The third-order valence-electron chi connectivity index (χ3n) is 2.05. The van der Waals surface area contributed by atoms with Crippen LogP contribution in [-0.2, 0) is 4.74 Å². The molecule has 8 nitrogen and oxygen atoms in total. The topological polar surface area (TPSA) is 99.4 Å². The number of nitrogens with one attached hydrogen (secondary N) is 1. The average Bonchev–Trinajstić information content (AvgIpc) is 2.37. The first-order valence-corrected chi connectivity index (χ1v) is 5.55. The molecule has 0 aliphatic carbocycles. The number of nitro groups is 1. The van der Waals surface area contributed by atoms with Gasteiger partial charge >= 0.3 is 5.69 Å². The zero-order valence-corrected chi connectivity index (χ0v) is 10.9. The molecule has 0 radical (unpaired) electrons. The van der Waals surface area contributed by atoms with E-state index in [0.717, 1.165) is 5.57 Å². The van der Waals surface area contributed by atoms with E-state index in [-0.39, 0.29) is 17.4 Å². The molecule has 0 bridgehead atoms. The molecule has 0 amide bonds. The van der Waals surface area contributed by atoms with Crippen LogP contribution in [0.5, 0.6) is 5.88 Å². The highest BCUT2D eigenvalue weighted by Gasteiger charge is 2.23. The molecular weight excluding hydrogens is 252 g/mol. The average molecular weight is 268 g/mol. The van der Waals surface area contributed by atoms with E-state index >= 15 is 0 Å². The van der Waals surface area contributed by atoms with Crippen molar-refractivity contribution in [2.24, 2.45) is 0 Å². The van der Waals surface area contributed by atoms with Crippen LogP contribution in [0.2, 0.25) is 0 Å². The number of anilines is 1. The summed E-state index contributed by atoms with van der Waals surface area (Å²) in [5, 5.41) is 13.8. The van der Waals surface area contributed by atoms with Crippen molar-refractivity contribution in [2.75, 3.05) is 32.2 Å². The molecular formula is C11H16N4O4. The maximum atomic E-state index is 10.9. The van der Waals surface area contributed by atoms with Gasteiger partial charge in [-0.1, -0.05) is 12.2 Å². The van der Waals surface area contributed by atoms with Crippen molar-refractivity contribution in [3.63, 3.8) is 0 Å². The molecule has 0 aliphatic rings. The molecule has 0 aliphatic heterocycles. The molecule has 0 aromatic carbocycles. The van der Waals surface area contributed by atoms with Crippen LogP contribution in [-0.4, -0.2) is 41.8 Å². The summed E-state index contributed by atoms with van der Waals surface area (Å²) in [5.41, 5.74) is 0.625. The minimum Gasteiger partial charge on any atom is -0.476 e. The highest BCUT2D eigenvalue weighted by molar-refractivity contribution is 5.60. The molecule has 1 N–H and O–H groups in total.